The monoisotopic (exact) mass is 493 g/mol. The van der Waals surface area contributed by atoms with Crippen LogP contribution in [0.4, 0.5) is 17.6 Å². The largest absolute Gasteiger partial charge is 0.493 e. The smallest absolute Gasteiger partial charge is 0.389 e. The van der Waals surface area contributed by atoms with Crippen LogP contribution in [-0.4, -0.2) is 38.4 Å². The number of ether oxygens (including phenoxy) is 1. The second-order valence-electron chi connectivity index (χ2n) is 7.36. The molecule has 0 aliphatic rings. The Morgan fingerprint density at radius 3 is 2.59 bits per heavy atom. The van der Waals surface area contributed by atoms with E-state index >= 15 is 0 Å². The van der Waals surface area contributed by atoms with Crippen molar-refractivity contribution < 1.29 is 22.3 Å². The average molecular weight is 493 g/mol. The summed E-state index contributed by atoms with van der Waals surface area (Å²) in [6.07, 6.45) is -4.66. The highest BCUT2D eigenvalue weighted by molar-refractivity contribution is 7.15. The van der Waals surface area contributed by atoms with Gasteiger partial charge in [-0.25, -0.2) is 4.39 Å². The first-order chi connectivity index (χ1) is 16.2. The molecule has 0 amide bonds. The van der Waals surface area contributed by atoms with Gasteiger partial charge in [0.25, 0.3) is 5.56 Å². The van der Waals surface area contributed by atoms with Gasteiger partial charge in [0.15, 0.2) is 0 Å². The summed E-state index contributed by atoms with van der Waals surface area (Å²) in [5.74, 6) is -0.486. The molecule has 4 rings (SSSR count). The molecule has 0 aliphatic heterocycles. The molecule has 3 heterocycles. The second-order valence-corrected chi connectivity index (χ2v) is 8.53. The second kappa shape index (κ2) is 9.75. The van der Waals surface area contributed by atoms with Gasteiger partial charge in [-0.15, -0.1) is 21.5 Å². The molecule has 0 aliphatic carbocycles. The quantitative estimate of drug-likeness (QED) is 0.254. The van der Waals surface area contributed by atoms with E-state index in [0.29, 0.717) is 5.56 Å². The van der Waals surface area contributed by atoms with E-state index in [1.165, 1.54) is 23.5 Å². The number of nitrogens with zero attached hydrogens (tertiary/aromatic N) is 3. The maximum atomic E-state index is 14.9. The summed E-state index contributed by atoms with van der Waals surface area (Å²) in [6.45, 7) is 1.82. The fourth-order valence-corrected chi connectivity index (χ4v) is 4.34. The van der Waals surface area contributed by atoms with Gasteiger partial charge in [0.2, 0.25) is 5.82 Å². The maximum absolute atomic E-state index is 14.9. The number of aromatic nitrogens is 5. The normalized spacial score (nSPS) is 11.7. The number of rotatable bonds is 8. The van der Waals surface area contributed by atoms with Crippen molar-refractivity contribution >= 4 is 11.3 Å². The molecular weight excluding hydrogens is 474 g/mol. The van der Waals surface area contributed by atoms with Crippen LogP contribution in [0.3, 0.4) is 0 Å². The van der Waals surface area contributed by atoms with E-state index in [9.17, 15) is 22.4 Å². The van der Waals surface area contributed by atoms with Crippen LogP contribution in [0.1, 0.15) is 24.6 Å². The first-order valence-corrected chi connectivity index (χ1v) is 11.2. The maximum Gasteiger partial charge on any atom is 0.389 e. The van der Waals surface area contributed by atoms with Crippen molar-refractivity contribution in [2.75, 3.05) is 6.61 Å². The minimum absolute atomic E-state index is 0.0975. The van der Waals surface area contributed by atoms with Gasteiger partial charge in [0.1, 0.15) is 11.6 Å². The molecule has 0 radical (unpaired) electrons. The lowest BCUT2D eigenvalue weighted by Crippen LogP contribution is -2.13. The average Bonchev–Trinajstić information content (AvgIpc) is 3.48. The lowest BCUT2D eigenvalue weighted by atomic mass is 10.0. The third-order valence-corrected chi connectivity index (χ3v) is 6.24. The third kappa shape index (κ3) is 5.33. The molecule has 12 heteroatoms. The number of nitrogens with one attached hydrogen (secondary N) is 2. The van der Waals surface area contributed by atoms with Gasteiger partial charge in [-0.2, -0.15) is 18.4 Å². The number of pyridine rings is 1. The molecule has 7 nitrogen and oxygen atoms in total. The zero-order valence-electron chi connectivity index (χ0n) is 17.9. The number of hydrogen-bond donors (Lipinski definition) is 2. The van der Waals surface area contributed by atoms with E-state index < -0.39 is 24.0 Å². The molecule has 0 spiro atoms. The lowest BCUT2D eigenvalue weighted by molar-refractivity contribution is -0.136. The van der Waals surface area contributed by atoms with Gasteiger partial charge >= 0.3 is 6.18 Å². The number of aromatic amines is 2. The van der Waals surface area contributed by atoms with Gasteiger partial charge in [-0.05, 0) is 48.4 Å². The van der Waals surface area contributed by atoms with Crippen LogP contribution >= 0.6 is 11.3 Å². The minimum atomic E-state index is -4.27. The van der Waals surface area contributed by atoms with E-state index in [1.54, 1.807) is 6.07 Å². The molecule has 0 bridgehead atoms. The highest BCUT2D eigenvalue weighted by atomic mass is 32.1. The molecule has 4 aromatic rings. The lowest BCUT2D eigenvalue weighted by Gasteiger charge is -2.11. The number of thiophene rings is 1. The molecule has 0 saturated heterocycles. The molecule has 0 atom stereocenters. The molecule has 0 fully saturated rings. The SMILES string of the molecule is CCc1ccc(-c2cc(-c3ccc(OCCCC(F)(F)F)cc3F)[nH]c(=O)c2-c2nn[nH]n2)s1. The van der Waals surface area contributed by atoms with Crippen molar-refractivity contribution in [1.29, 1.82) is 0 Å². The summed E-state index contributed by atoms with van der Waals surface area (Å²) < 4.78 is 56.9. The Hall–Kier alpha value is -3.54. The Balaban J connectivity index is 1.67. The van der Waals surface area contributed by atoms with Crippen molar-refractivity contribution in [1.82, 2.24) is 25.6 Å². The van der Waals surface area contributed by atoms with Gasteiger partial charge < -0.3 is 9.72 Å². The third-order valence-electron chi connectivity index (χ3n) is 4.98. The van der Waals surface area contributed by atoms with Crippen LogP contribution in [0.15, 0.2) is 41.2 Å². The Labute approximate surface area is 194 Å². The van der Waals surface area contributed by atoms with E-state index in [4.69, 9.17) is 4.74 Å². The van der Waals surface area contributed by atoms with Crippen LogP contribution in [0.5, 0.6) is 5.75 Å². The molecule has 34 heavy (non-hydrogen) atoms. The van der Waals surface area contributed by atoms with Crippen molar-refractivity contribution in [2.24, 2.45) is 0 Å². The standard InChI is InChI=1S/C22H19F4N5O2S/c1-2-13-5-7-18(34-13)15-11-17(27-21(32)19(15)20-28-30-31-29-20)14-6-4-12(10-16(14)23)33-9-3-8-22(24,25)26/h4-7,10-11H,2-3,8-9H2,1H3,(H,27,32)(H,28,29,30,31). The molecule has 2 N–H and O–H groups in total. The van der Waals surface area contributed by atoms with Crippen LogP contribution < -0.4 is 10.3 Å². The summed E-state index contributed by atoms with van der Waals surface area (Å²) in [4.78, 5) is 17.6. The first-order valence-electron chi connectivity index (χ1n) is 10.3. The van der Waals surface area contributed by atoms with E-state index in [2.05, 4.69) is 25.6 Å². The van der Waals surface area contributed by atoms with Crippen molar-refractivity contribution in [3.05, 3.63) is 57.4 Å². The van der Waals surface area contributed by atoms with E-state index in [1.807, 2.05) is 19.1 Å². The van der Waals surface area contributed by atoms with Crippen LogP contribution in [-0.2, 0) is 6.42 Å². The number of tetrazole rings is 1. The molecule has 3 aromatic heterocycles. The Morgan fingerprint density at radius 2 is 1.94 bits per heavy atom. The summed E-state index contributed by atoms with van der Waals surface area (Å²) in [6, 6.07) is 9.39. The summed E-state index contributed by atoms with van der Waals surface area (Å²) in [5, 5.41) is 13.7. The fourth-order valence-electron chi connectivity index (χ4n) is 3.37. The molecule has 178 valence electrons. The van der Waals surface area contributed by atoms with Crippen LogP contribution in [0.25, 0.3) is 33.1 Å². The topological polar surface area (TPSA) is 96.5 Å². The fraction of sp³-hybridized carbons (Fsp3) is 0.273. The Kier molecular flexibility index (Phi) is 6.77. The van der Waals surface area contributed by atoms with Crippen LogP contribution in [0, 0.1) is 5.82 Å². The zero-order valence-corrected chi connectivity index (χ0v) is 18.7. The number of H-pyrrole nitrogens is 2. The number of alkyl halides is 3. The summed E-state index contributed by atoms with van der Waals surface area (Å²) in [5.41, 5.74) is 0.531. The number of aryl methyl sites for hydroxylation is 1. The molecule has 0 unspecified atom stereocenters. The van der Waals surface area contributed by atoms with Gasteiger partial charge in [-0.3, -0.25) is 4.79 Å². The summed E-state index contributed by atoms with van der Waals surface area (Å²) >= 11 is 1.50. The van der Waals surface area contributed by atoms with Crippen molar-refractivity contribution in [3.63, 3.8) is 0 Å². The zero-order chi connectivity index (χ0) is 24.3. The summed E-state index contributed by atoms with van der Waals surface area (Å²) in [7, 11) is 0. The highest BCUT2D eigenvalue weighted by Crippen LogP contribution is 2.36. The van der Waals surface area contributed by atoms with Crippen molar-refractivity contribution in [2.45, 2.75) is 32.4 Å². The first kappa shape index (κ1) is 23.6. The Morgan fingerprint density at radius 1 is 1.12 bits per heavy atom. The van der Waals surface area contributed by atoms with Crippen LogP contribution in [0.2, 0.25) is 0 Å². The van der Waals surface area contributed by atoms with E-state index in [0.717, 1.165) is 22.2 Å². The molecule has 0 saturated carbocycles. The van der Waals surface area contributed by atoms with Gasteiger partial charge in [-0.1, -0.05) is 6.92 Å². The van der Waals surface area contributed by atoms with E-state index in [-0.39, 0.29) is 41.4 Å². The predicted molar refractivity (Wildman–Crippen MR) is 119 cm³/mol. The highest BCUT2D eigenvalue weighted by Gasteiger charge is 2.26. The molecular formula is C22H19F4N5O2S. The van der Waals surface area contributed by atoms with Gasteiger partial charge in [0.05, 0.1) is 17.9 Å². The van der Waals surface area contributed by atoms with Crippen molar-refractivity contribution in [3.8, 4) is 38.8 Å². The number of benzene rings is 1. The Bertz CT molecular complexity index is 1330. The minimum Gasteiger partial charge on any atom is -0.493 e. The number of halogens is 4. The van der Waals surface area contributed by atoms with Gasteiger partial charge in [0, 0.05) is 33.4 Å². The predicted octanol–water partition coefficient (Wildman–Crippen LogP) is 5.37. The molecule has 1 aromatic carbocycles. The number of hydrogen-bond acceptors (Lipinski definition) is 6.